The van der Waals surface area contributed by atoms with Crippen LogP contribution in [0.3, 0.4) is 0 Å². The lowest BCUT2D eigenvalue weighted by Gasteiger charge is -2.15. The van der Waals surface area contributed by atoms with Crippen LogP contribution in [0.1, 0.15) is 6.42 Å². The van der Waals surface area contributed by atoms with E-state index in [0.717, 1.165) is 16.3 Å². The topological polar surface area (TPSA) is 59.5 Å². The van der Waals surface area contributed by atoms with Crippen LogP contribution in [0.25, 0.3) is 10.8 Å². The molecule has 0 atom stereocenters. The van der Waals surface area contributed by atoms with E-state index in [1.54, 1.807) is 30.6 Å². The summed E-state index contributed by atoms with van der Waals surface area (Å²) in [5, 5.41) is 1.47. The Morgan fingerprint density at radius 1 is 1.28 bits per heavy atom. The van der Waals surface area contributed by atoms with Crippen molar-refractivity contribution in [3.63, 3.8) is 0 Å². The summed E-state index contributed by atoms with van der Waals surface area (Å²) in [7, 11) is -3.58. The molecule has 1 aliphatic rings. The van der Waals surface area contributed by atoms with Crippen molar-refractivity contribution in [1.82, 2.24) is 9.45 Å². The molecule has 3 rings (SSSR count). The molecule has 1 aliphatic heterocycles. The lowest BCUT2D eigenvalue weighted by molar-refractivity contribution is -0.0283. The van der Waals surface area contributed by atoms with Crippen molar-refractivity contribution in [2.75, 3.05) is 13.2 Å². The molecule has 0 aliphatic carbocycles. The van der Waals surface area contributed by atoms with E-state index in [1.807, 2.05) is 6.07 Å². The minimum absolute atomic E-state index is 0.268. The zero-order valence-corrected chi connectivity index (χ0v) is 10.4. The van der Waals surface area contributed by atoms with Crippen molar-refractivity contribution < 1.29 is 13.3 Å². The van der Waals surface area contributed by atoms with E-state index in [9.17, 15) is 8.42 Å². The molecule has 5 nitrogen and oxygen atoms in total. The van der Waals surface area contributed by atoms with Gasteiger partial charge in [-0.05, 0) is 18.6 Å². The van der Waals surface area contributed by atoms with Gasteiger partial charge in [-0.15, -0.1) is 0 Å². The maximum Gasteiger partial charge on any atom is 0.265 e. The molecule has 0 unspecified atom stereocenters. The van der Waals surface area contributed by atoms with Gasteiger partial charge in [-0.25, -0.2) is 8.42 Å². The predicted octanol–water partition coefficient (Wildman–Crippen LogP) is 1.56. The number of hydroxylamine groups is 1. The van der Waals surface area contributed by atoms with Crippen LogP contribution in [0.2, 0.25) is 0 Å². The molecule has 6 heteroatoms. The summed E-state index contributed by atoms with van der Waals surface area (Å²) >= 11 is 0. The van der Waals surface area contributed by atoms with Crippen molar-refractivity contribution in [2.45, 2.75) is 11.3 Å². The number of sulfonamides is 1. The van der Waals surface area contributed by atoms with Crippen LogP contribution in [0.15, 0.2) is 41.6 Å². The molecule has 0 bridgehead atoms. The van der Waals surface area contributed by atoms with Gasteiger partial charge in [-0.2, -0.15) is 0 Å². The van der Waals surface area contributed by atoms with Gasteiger partial charge in [0.15, 0.2) is 0 Å². The third-order valence-electron chi connectivity index (χ3n) is 2.91. The Kier molecular flexibility index (Phi) is 2.77. The molecule has 0 N–H and O–H groups in total. The van der Waals surface area contributed by atoms with Gasteiger partial charge in [-0.3, -0.25) is 9.82 Å². The number of aromatic nitrogens is 1. The summed E-state index contributed by atoms with van der Waals surface area (Å²) in [5.41, 5.74) is 0. The second-order valence-electron chi connectivity index (χ2n) is 4.07. The summed E-state index contributed by atoms with van der Waals surface area (Å²) in [6, 6.07) is 6.86. The fraction of sp³-hybridized carbons (Fsp3) is 0.250. The normalized spacial score (nSPS) is 17.3. The first-order chi connectivity index (χ1) is 8.69. The molecule has 94 valence electrons. The Morgan fingerprint density at radius 3 is 2.94 bits per heavy atom. The SMILES string of the molecule is O=S(=O)(c1cccc2cnccc12)N1CCCO1. The van der Waals surface area contributed by atoms with E-state index in [4.69, 9.17) is 4.84 Å². The summed E-state index contributed by atoms with van der Waals surface area (Å²) in [6.45, 7) is 0.857. The molecule has 1 fully saturated rings. The molecule has 0 radical (unpaired) electrons. The lowest BCUT2D eigenvalue weighted by atomic mass is 10.2. The summed E-state index contributed by atoms with van der Waals surface area (Å²) in [4.78, 5) is 9.41. The number of rotatable bonds is 2. The standard InChI is InChI=1S/C12H12N2O3S/c15-18(16,14-7-2-8-17-14)12-4-1-3-10-9-13-6-5-11(10)12/h1,3-6,9H,2,7-8H2. The summed E-state index contributed by atoms with van der Waals surface area (Å²) in [5.74, 6) is 0. The molecular weight excluding hydrogens is 252 g/mol. The second-order valence-corrected chi connectivity index (χ2v) is 5.87. The zero-order valence-electron chi connectivity index (χ0n) is 9.61. The van der Waals surface area contributed by atoms with Crippen LogP contribution in [0, 0.1) is 0 Å². The second kappa shape index (κ2) is 4.31. The quantitative estimate of drug-likeness (QED) is 0.826. The number of benzene rings is 1. The lowest BCUT2D eigenvalue weighted by Crippen LogP contribution is -2.26. The smallest absolute Gasteiger partial charge is 0.265 e. The van der Waals surface area contributed by atoms with Gasteiger partial charge in [0.05, 0.1) is 11.5 Å². The number of hydrogen-bond donors (Lipinski definition) is 0. The third-order valence-corrected chi connectivity index (χ3v) is 4.64. The Bertz CT molecular complexity index is 673. The minimum Gasteiger partial charge on any atom is -0.284 e. The van der Waals surface area contributed by atoms with Gasteiger partial charge in [0.2, 0.25) is 0 Å². The monoisotopic (exact) mass is 264 g/mol. The number of nitrogens with zero attached hydrogens (tertiary/aromatic N) is 2. The van der Waals surface area contributed by atoms with E-state index in [0.29, 0.717) is 18.5 Å². The van der Waals surface area contributed by atoms with Crippen LogP contribution >= 0.6 is 0 Å². The highest BCUT2D eigenvalue weighted by Gasteiger charge is 2.29. The molecule has 2 aromatic rings. The first-order valence-corrected chi connectivity index (χ1v) is 7.12. The Morgan fingerprint density at radius 2 is 2.17 bits per heavy atom. The molecule has 1 saturated heterocycles. The van der Waals surface area contributed by atoms with E-state index in [2.05, 4.69) is 4.98 Å². The van der Waals surface area contributed by atoms with Gasteiger partial charge >= 0.3 is 0 Å². The Labute approximate surface area is 105 Å². The third kappa shape index (κ3) is 1.78. The highest BCUT2D eigenvalue weighted by atomic mass is 32.2. The largest absolute Gasteiger partial charge is 0.284 e. The van der Waals surface area contributed by atoms with E-state index in [1.165, 1.54) is 0 Å². The predicted molar refractivity (Wildman–Crippen MR) is 66.2 cm³/mol. The molecular formula is C12H12N2O3S. The van der Waals surface area contributed by atoms with Crippen LogP contribution in [0.4, 0.5) is 0 Å². The first-order valence-electron chi connectivity index (χ1n) is 5.68. The number of pyridine rings is 1. The van der Waals surface area contributed by atoms with Crippen LogP contribution in [0.5, 0.6) is 0 Å². The molecule has 0 spiro atoms. The average Bonchev–Trinajstić information content (AvgIpc) is 2.92. The zero-order chi connectivity index (χ0) is 12.6. The fourth-order valence-electron chi connectivity index (χ4n) is 2.04. The number of fused-ring (bicyclic) bond motifs is 1. The Balaban J connectivity index is 2.19. The van der Waals surface area contributed by atoms with Crippen molar-refractivity contribution in [3.05, 3.63) is 36.7 Å². The maximum absolute atomic E-state index is 12.4. The highest BCUT2D eigenvalue weighted by Crippen LogP contribution is 2.26. The first kappa shape index (κ1) is 11.6. The summed E-state index contributed by atoms with van der Waals surface area (Å²) in [6.07, 6.45) is 3.97. The van der Waals surface area contributed by atoms with Gasteiger partial charge in [0.25, 0.3) is 10.0 Å². The van der Waals surface area contributed by atoms with Crippen molar-refractivity contribution in [2.24, 2.45) is 0 Å². The van der Waals surface area contributed by atoms with Crippen molar-refractivity contribution >= 4 is 20.8 Å². The maximum atomic E-state index is 12.4. The average molecular weight is 264 g/mol. The van der Waals surface area contributed by atoms with Gasteiger partial charge in [-0.1, -0.05) is 16.6 Å². The van der Waals surface area contributed by atoms with Crippen LogP contribution in [-0.4, -0.2) is 31.0 Å². The van der Waals surface area contributed by atoms with Gasteiger partial charge in [0, 0.05) is 29.7 Å². The molecule has 2 heterocycles. The molecule has 1 aromatic heterocycles. The van der Waals surface area contributed by atoms with E-state index < -0.39 is 10.0 Å². The van der Waals surface area contributed by atoms with E-state index in [-0.39, 0.29) is 4.90 Å². The summed E-state index contributed by atoms with van der Waals surface area (Å²) < 4.78 is 25.9. The van der Waals surface area contributed by atoms with Gasteiger partial charge in [0.1, 0.15) is 0 Å². The molecule has 0 amide bonds. The van der Waals surface area contributed by atoms with Crippen LogP contribution < -0.4 is 0 Å². The minimum atomic E-state index is -3.58. The van der Waals surface area contributed by atoms with Crippen molar-refractivity contribution in [3.8, 4) is 0 Å². The fourth-order valence-corrected chi connectivity index (χ4v) is 3.56. The van der Waals surface area contributed by atoms with Gasteiger partial charge < -0.3 is 0 Å². The number of hydrogen-bond acceptors (Lipinski definition) is 4. The van der Waals surface area contributed by atoms with Crippen molar-refractivity contribution in [1.29, 1.82) is 0 Å². The van der Waals surface area contributed by atoms with Crippen LogP contribution in [-0.2, 0) is 14.9 Å². The molecule has 1 aromatic carbocycles. The van der Waals surface area contributed by atoms with E-state index >= 15 is 0 Å². The highest BCUT2D eigenvalue weighted by molar-refractivity contribution is 7.89. The Hall–Kier alpha value is -1.50. The molecule has 18 heavy (non-hydrogen) atoms. The molecule has 0 saturated carbocycles.